The van der Waals surface area contributed by atoms with Crippen molar-refractivity contribution in [3.63, 3.8) is 0 Å². The Bertz CT molecular complexity index is 599. The number of pyridine rings is 1. The number of anilines is 1. The van der Waals surface area contributed by atoms with Gasteiger partial charge in [-0.05, 0) is 26.8 Å². The van der Waals surface area contributed by atoms with Gasteiger partial charge in [0, 0.05) is 37.1 Å². The van der Waals surface area contributed by atoms with Crippen LogP contribution in [0.25, 0.3) is 0 Å². The molecule has 0 aliphatic rings. The van der Waals surface area contributed by atoms with Crippen LogP contribution in [-0.2, 0) is 13.1 Å². The molecule has 0 aliphatic heterocycles. The molecule has 0 bridgehead atoms. The molecule has 0 fully saturated rings. The van der Waals surface area contributed by atoms with Gasteiger partial charge in [-0.15, -0.1) is 0 Å². The first kappa shape index (κ1) is 13.4. The molecule has 5 heteroatoms. The van der Waals surface area contributed by atoms with Crippen LogP contribution in [0.5, 0.6) is 0 Å². The molecule has 19 heavy (non-hydrogen) atoms. The minimum absolute atomic E-state index is 0.0273. The lowest BCUT2D eigenvalue weighted by molar-refractivity contribution is 0.658. The van der Waals surface area contributed by atoms with E-state index in [0.717, 1.165) is 17.8 Å². The molecule has 0 radical (unpaired) electrons. The minimum Gasteiger partial charge on any atom is -0.377 e. The molecule has 2 aromatic rings. The van der Waals surface area contributed by atoms with Crippen LogP contribution >= 0.6 is 0 Å². The van der Waals surface area contributed by atoms with E-state index in [0.29, 0.717) is 6.54 Å². The maximum atomic E-state index is 11.5. The van der Waals surface area contributed by atoms with E-state index in [1.54, 1.807) is 10.6 Å². The maximum Gasteiger partial charge on any atom is 0.250 e. The molecule has 0 saturated carbocycles. The van der Waals surface area contributed by atoms with E-state index in [1.807, 2.05) is 36.3 Å². The van der Waals surface area contributed by atoms with E-state index >= 15 is 0 Å². The van der Waals surface area contributed by atoms with E-state index in [9.17, 15) is 4.79 Å². The summed E-state index contributed by atoms with van der Waals surface area (Å²) in [6, 6.07) is 3.56. The molecule has 102 valence electrons. The Morgan fingerprint density at radius 3 is 2.68 bits per heavy atom. The molecule has 0 aliphatic carbocycles. The lowest BCUT2D eigenvalue weighted by Crippen LogP contribution is -2.18. The molecule has 2 heterocycles. The molecule has 1 N–H and O–H groups in total. The summed E-state index contributed by atoms with van der Waals surface area (Å²) in [5, 5.41) is 7.65. The van der Waals surface area contributed by atoms with Crippen LogP contribution in [0.2, 0.25) is 0 Å². The third kappa shape index (κ3) is 3.05. The number of nitrogens with zero attached hydrogens (tertiary/aromatic N) is 3. The molecule has 5 nitrogen and oxygen atoms in total. The minimum atomic E-state index is 0.0273. The second-order valence-electron chi connectivity index (χ2n) is 4.54. The summed E-state index contributed by atoms with van der Waals surface area (Å²) < 4.78 is 3.59. The Hall–Kier alpha value is -2.04. The Morgan fingerprint density at radius 1 is 1.26 bits per heavy atom. The van der Waals surface area contributed by atoms with Crippen LogP contribution in [0.4, 0.5) is 5.69 Å². The second-order valence-corrected chi connectivity index (χ2v) is 4.54. The quantitative estimate of drug-likeness (QED) is 0.897. The van der Waals surface area contributed by atoms with E-state index in [1.165, 1.54) is 0 Å². The highest BCUT2D eigenvalue weighted by atomic mass is 16.1. The molecular formula is C14H20N4O. The molecule has 0 spiro atoms. The first-order chi connectivity index (χ1) is 9.13. The van der Waals surface area contributed by atoms with Crippen molar-refractivity contribution in [3.8, 4) is 0 Å². The van der Waals surface area contributed by atoms with Gasteiger partial charge in [0.1, 0.15) is 0 Å². The van der Waals surface area contributed by atoms with Crippen molar-refractivity contribution in [2.45, 2.75) is 39.9 Å². The van der Waals surface area contributed by atoms with Crippen LogP contribution in [0.1, 0.15) is 32.4 Å². The van der Waals surface area contributed by atoms with Crippen molar-refractivity contribution in [1.82, 2.24) is 14.3 Å². The predicted molar refractivity (Wildman–Crippen MR) is 76.3 cm³/mol. The fourth-order valence-electron chi connectivity index (χ4n) is 1.97. The van der Waals surface area contributed by atoms with Gasteiger partial charge in [0.25, 0.3) is 5.56 Å². The van der Waals surface area contributed by atoms with Crippen molar-refractivity contribution >= 4 is 5.69 Å². The van der Waals surface area contributed by atoms with Gasteiger partial charge in [-0.2, -0.15) is 5.10 Å². The zero-order chi connectivity index (χ0) is 13.8. The molecule has 0 saturated heterocycles. The summed E-state index contributed by atoms with van der Waals surface area (Å²) in [6.45, 7) is 7.65. The predicted octanol–water partition coefficient (Wildman–Crippen LogP) is 2.26. The van der Waals surface area contributed by atoms with Crippen LogP contribution in [0, 0.1) is 0 Å². The van der Waals surface area contributed by atoms with Crippen LogP contribution in [0.15, 0.2) is 35.5 Å². The Balaban J connectivity index is 2.14. The molecule has 0 amide bonds. The SMILES string of the molecule is CCn1cc(C(C)Nc2ccc(=O)n(CC)c2)cn1. The van der Waals surface area contributed by atoms with E-state index in [2.05, 4.69) is 24.3 Å². The lowest BCUT2D eigenvalue weighted by atomic mass is 10.2. The zero-order valence-corrected chi connectivity index (χ0v) is 11.6. The maximum absolute atomic E-state index is 11.5. The van der Waals surface area contributed by atoms with Gasteiger partial charge in [0.05, 0.1) is 17.9 Å². The third-order valence-electron chi connectivity index (χ3n) is 3.18. The Morgan fingerprint density at radius 2 is 2.05 bits per heavy atom. The standard InChI is InChI=1S/C14H20N4O/c1-4-17-10-13(6-7-14(17)19)16-11(3)12-8-15-18(5-2)9-12/h6-11,16H,4-5H2,1-3H3. The van der Waals surface area contributed by atoms with Crippen molar-refractivity contribution in [2.75, 3.05) is 5.32 Å². The topological polar surface area (TPSA) is 51.9 Å². The first-order valence-corrected chi connectivity index (χ1v) is 6.63. The number of nitrogens with one attached hydrogen (secondary N) is 1. The van der Waals surface area contributed by atoms with E-state index < -0.39 is 0 Å². The summed E-state index contributed by atoms with van der Waals surface area (Å²) in [6.07, 6.45) is 5.76. The summed E-state index contributed by atoms with van der Waals surface area (Å²) in [4.78, 5) is 11.5. The highest BCUT2D eigenvalue weighted by Crippen LogP contribution is 2.17. The Kier molecular flexibility index (Phi) is 4.04. The molecular weight excluding hydrogens is 240 g/mol. The van der Waals surface area contributed by atoms with Gasteiger partial charge in [-0.25, -0.2) is 0 Å². The third-order valence-corrected chi connectivity index (χ3v) is 3.18. The summed E-state index contributed by atoms with van der Waals surface area (Å²) in [5.74, 6) is 0. The summed E-state index contributed by atoms with van der Waals surface area (Å²) in [5.41, 5.74) is 2.11. The number of aryl methyl sites for hydroxylation is 2. The monoisotopic (exact) mass is 260 g/mol. The van der Waals surface area contributed by atoms with Crippen molar-refractivity contribution in [2.24, 2.45) is 0 Å². The van der Waals surface area contributed by atoms with Crippen LogP contribution in [-0.4, -0.2) is 14.3 Å². The number of hydrogen-bond donors (Lipinski definition) is 1. The van der Waals surface area contributed by atoms with Gasteiger partial charge in [0.15, 0.2) is 0 Å². The van der Waals surface area contributed by atoms with Crippen LogP contribution < -0.4 is 10.9 Å². The van der Waals surface area contributed by atoms with Gasteiger partial charge < -0.3 is 9.88 Å². The summed E-state index contributed by atoms with van der Waals surface area (Å²) >= 11 is 0. The molecule has 1 unspecified atom stereocenters. The fraction of sp³-hybridized carbons (Fsp3) is 0.429. The number of aromatic nitrogens is 3. The van der Waals surface area contributed by atoms with Gasteiger partial charge >= 0.3 is 0 Å². The molecule has 2 aromatic heterocycles. The highest BCUT2D eigenvalue weighted by Gasteiger charge is 2.08. The highest BCUT2D eigenvalue weighted by molar-refractivity contribution is 5.42. The molecule has 2 rings (SSSR count). The van der Waals surface area contributed by atoms with E-state index in [4.69, 9.17) is 0 Å². The van der Waals surface area contributed by atoms with Crippen molar-refractivity contribution in [1.29, 1.82) is 0 Å². The van der Waals surface area contributed by atoms with Crippen molar-refractivity contribution in [3.05, 3.63) is 46.6 Å². The Labute approximate surface area is 112 Å². The second kappa shape index (κ2) is 5.73. The van der Waals surface area contributed by atoms with E-state index in [-0.39, 0.29) is 11.6 Å². The largest absolute Gasteiger partial charge is 0.377 e. The number of rotatable bonds is 5. The average Bonchev–Trinajstić information content (AvgIpc) is 2.90. The van der Waals surface area contributed by atoms with Crippen molar-refractivity contribution < 1.29 is 0 Å². The lowest BCUT2D eigenvalue weighted by Gasteiger charge is -2.14. The van der Waals surface area contributed by atoms with Gasteiger partial charge in [-0.3, -0.25) is 9.48 Å². The van der Waals surface area contributed by atoms with Gasteiger partial charge in [0.2, 0.25) is 0 Å². The van der Waals surface area contributed by atoms with Crippen LogP contribution in [0.3, 0.4) is 0 Å². The molecule has 0 aromatic carbocycles. The molecule has 1 atom stereocenters. The first-order valence-electron chi connectivity index (χ1n) is 6.63. The van der Waals surface area contributed by atoms with Gasteiger partial charge in [-0.1, -0.05) is 0 Å². The fourth-order valence-corrected chi connectivity index (χ4v) is 1.97. The smallest absolute Gasteiger partial charge is 0.250 e. The summed E-state index contributed by atoms with van der Waals surface area (Å²) in [7, 11) is 0. The average molecular weight is 260 g/mol. The zero-order valence-electron chi connectivity index (χ0n) is 11.6. The normalized spacial score (nSPS) is 12.4. The number of hydrogen-bond acceptors (Lipinski definition) is 3.